The van der Waals surface area contributed by atoms with E-state index in [0.29, 0.717) is 11.8 Å². The predicted molar refractivity (Wildman–Crippen MR) is 187 cm³/mol. The third-order valence-electron chi connectivity index (χ3n) is 11.7. The van der Waals surface area contributed by atoms with E-state index < -0.39 is 16.9 Å². The number of aliphatic carboxylic acids is 1. The molecule has 0 aliphatic heterocycles. The molecule has 0 amide bonds. The van der Waals surface area contributed by atoms with Crippen LogP contribution in [0, 0.1) is 36.5 Å². The molecular formula is C43H42N2O2. The molecular weight excluding hydrogens is 576 g/mol. The predicted octanol–water partition coefficient (Wildman–Crippen LogP) is 9.44. The van der Waals surface area contributed by atoms with Crippen LogP contribution in [0.3, 0.4) is 0 Å². The van der Waals surface area contributed by atoms with Gasteiger partial charge in [-0.1, -0.05) is 115 Å². The number of benzene rings is 4. The highest BCUT2D eigenvalue weighted by molar-refractivity contribution is 5.81. The number of carboxylic acid groups (broad SMARTS) is 1. The Morgan fingerprint density at radius 1 is 0.787 bits per heavy atom. The number of carboxylic acids is 1. The molecule has 4 aliphatic carbocycles. The molecule has 236 valence electrons. The van der Waals surface area contributed by atoms with Gasteiger partial charge in [-0.25, -0.2) is 4.98 Å². The van der Waals surface area contributed by atoms with E-state index in [-0.39, 0.29) is 5.41 Å². The van der Waals surface area contributed by atoms with Gasteiger partial charge in [0.05, 0.1) is 17.4 Å². The fraction of sp³-hybridized carbons (Fsp3) is 0.302. The lowest BCUT2D eigenvalue weighted by Crippen LogP contribution is -2.54. The lowest BCUT2D eigenvalue weighted by molar-refractivity contribution is -0.170. The Hall–Kier alpha value is -4.70. The van der Waals surface area contributed by atoms with Crippen LogP contribution in [0.4, 0.5) is 0 Å². The lowest BCUT2D eigenvalue weighted by Gasteiger charge is -2.60. The topological polar surface area (TPSA) is 55.1 Å². The van der Waals surface area contributed by atoms with Crippen molar-refractivity contribution in [1.82, 2.24) is 9.55 Å². The SMILES string of the molecule is Cc1cccc(/C(=C/C23CC4CC(C2)CC(C(=O)O)(C4)C3)c2cn(C(c3ccccc3)(c3ccccc3)c3ccccc3)cn2)c1C. The molecule has 2 unspecified atom stereocenters. The van der Waals surface area contributed by atoms with Gasteiger partial charge in [0, 0.05) is 11.8 Å². The summed E-state index contributed by atoms with van der Waals surface area (Å²) in [5, 5.41) is 10.5. The molecule has 1 aromatic heterocycles. The van der Waals surface area contributed by atoms with Gasteiger partial charge < -0.3 is 9.67 Å². The highest BCUT2D eigenvalue weighted by Crippen LogP contribution is 2.66. The fourth-order valence-corrected chi connectivity index (χ4v) is 10.0. The van der Waals surface area contributed by atoms with E-state index in [9.17, 15) is 9.90 Å². The van der Waals surface area contributed by atoms with Gasteiger partial charge in [0.25, 0.3) is 0 Å². The number of carbonyl (C=O) groups is 1. The molecule has 4 bridgehead atoms. The van der Waals surface area contributed by atoms with E-state index in [1.807, 2.05) is 6.33 Å². The zero-order valence-corrected chi connectivity index (χ0v) is 27.3. The molecule has 0 saturated heterocycles. The molecule has 4 saturated carbocycles. The van der Waals surface area contributed by atoms with Crippen molar-refractivity contribution in [2.75, 3.05) is 0 Å². The first kappa shape index (κ1) is 29.7. The van der Waals surface area contributed by atoms with Crippen LogP contribution in [-0.2, 0) is 10.3 Å². The van der Waals surface area contributed by atoms with Crippen LogP contribution in [0.15, 0.2) is 128 Å². The van der Waals surface area contributed by atoms with Crippen molar-refractivity contribution in [2.45, 2.75) is 57.9 Å². The zero-order valence-electron chi connectivity index (χ0n) is 27.3. The summed E-state index contributed by atoms with van der Waals surface area (Å²) in [5.41, 5.74) is 7.77. The summed E-state index contributed by atoms with van der Waals surface area (Å²) in [6, 6.07) is 38.7. The zero-order chi connectivity index (χ0) is 32.2. The molecule has 5 aromatic rings. The number of allylic oxidation sites excluding steroid dienone is 1. The molecule has 4 aliphatic rings. The molecule has 4 aromatic carbocycles. The van der Waals surface area contributed by atoms with Crippen molar-refractivity contribution in [2.24, 2.45) is 22.7 Å². The third kappa shape index (κ3) is 4.80. The summed E-state index contributed by atoms with van der Waals surface area (Å²) in [6.07, 6.45) is 12.4. The van der Waals surface area contributed by atoms with Gasteiger partial charge in [0.2, 0.25) is 0 Å². The van der Waals surface area contributed by atoms with Gasteiger partial charge >= 0.3 is 5.97 Å². The molecule has 4 nitrogen and oxygen atoms in total. The van der Waals surface area contributed by atoms with Gasteiger partial charge in [-0.05, 0) is 103 Å². The maximum atomic E-state index is 12.8. The van der Waals surface area contributed by atoms with Crippen molar-refractivity contribution < 1.29 is 9.90 Å². The summed E-state index contributed by atoms with van der Waals surface area (Å²) in [5.74, 6) is 0.353. The van der Waals surface area contributed by atoms with E-state index in [2.05, 4.69) is 140 Å². The van der Waals surface area contributed by atoms with E-state index in [4.69, 9.17) is 4.98 Å². The van der Waals surface area contributed by atoms with Gasteiger partial charge in [-0.2, -0.15) is 0 Å². The molecule has 1 heterocycles. The molecule has 2 atom stereocenters. The van der Waals surface area contributed by atoms with Crippen LogP contribution in [0.1, 0.15) is 77.6 Å². The monoisotopic (exact) mass is 618 g/mol. The third-order valence-corrected chi connectivity index (χ3v) is 11.7. The Bertz CT molecular complexity index is 1850. The molecule has 9 rings (SSSR count). The average molecular weight is 619 g/mol. The van der Waals surface area contributed by atoms with Crippen LogP contribution in [-0.4, -0.2) is 20.6 Å². The fourth-order valence-electron chi connectivity index (χ4n) is 10.0. The van der Waals surface area contributed by atoms with E-state index in [0.717, 1.165) is 60.1 Å². The van der Waals surface area contributed by atoms with Crippen LogP contribution >= 0.6 is 0 Å². The number of rotatable bonds is 8. The minimum atomic E-state index is -0.657. The van der Waals surface area contributed by atoms with Crippen molar-refractivity contribution in [3.8, 4) is 0 Å². The van der Waals surface area contributed by atoms with Crippen LogP contribution in [0.25, 0.3) is 5.57 Å². The molecule has 4 heteroatoms. The quantitative estimate of drug-likeness (QED) is 0.176. The highest BCUT2D eigenvalue weighted by Gasteiger charge is 2.60. The summed E-state index contributed by atoms with van der Waals surface area (Å²) in [7, 11) is 0. The van der Waals surface area contributed by atoms with E-state index in [1.54, 1.807) is 0 Å². The largest absolute Gasteiger partial charge is 0.481 e. The number of nitrogens with zero attached hydrogens (tertiary/aromatic N) is 2. The summed E-state index contributed by atoms with van der Waals surface area (Å²) in [4.78, 5) is 18.0. The highest BCUT2D eigenvalue weighted by atomic mass is 16.4. The van der Waals surface area contributed by atoms with Gasteiger partial charge in [0.15, 0.2) is 0 Å². The minimum Gasteiger partial charge on any atom is -0.481 e. The average Bonchev–Trinajstić information content (AvgIpc) is 3.57. The van der Waals surface area contributed by atoms with Crippen molar-refractivity contribution >= 4 is 11.5 Å². The first-order chi connectivity index (χ1) is 22.8. The van der Waals surface area contributed by atoms with Crippen molar-refractivity contribution in [1.29, 1.82) is 0 Å². The Kier molecular flexibility index (Phi) is 7.09. The summed E-state index contributed by atoms with van der Waals surface area (Å²) < 4.78 is 2.29. The standard InChI is InChI=1S/C43H42N2O2/c1-30-13-12-20-37(31(30)2)38(26-41-22-32-21-33(23-41)25-42(24-32,28-41)40(46)47)39-27-45(29-44-39)43(34-14-6-3-7-15-34,35-16-8-4-9-17-35)36-18-10-5-11-19-36/h3-20,26-27,29,32-33H,21-25,28H2,1-2H3,(H,46,47)/b38-26-. The molecule has 47 heavy (non-hydrogen) atoms. The Morgan fingerprint density at radius 2 is 1.34 bits per heavy atom. The second kappa shape index (κ2) is 11.2. The second-order valence-corrected chi connectivity index (χ2v) is 14.7. The molecule has 0 spiro atoms. The van der Waals surface area contributed by atoms with Gasteiger partial charge in [0.1, 0.15) is 5.54 Å². The van der Waals surface area contributed by atoms with Crippen LogP contribution < -0.4 is 0 Å². The number of hydrogen-bond acceptors (Lipinski definition) is 2. The molecule has 0 radical (unpaired) electrons. The van der Waals surface area contributed by atoms with Crippen LogP contribution in [0.5, 0.6) is 0 Å². The van der Waals surface area contributed by atoms with E-state index >= 15 is 0 Å². The lowest BCUT2D eigenvalue weighted by atomic mass is 9.44. The number of aromatic nitrogens is 2. The Balaban J connectivity index is 1.36. The van der Waals surface area contributed by atoms with Gasteiger partial charge in [-0.3, -0.25) is 4.79 Å². The number of aryl methyl sites for hydroxylation is 1. The first-order valence-electron chi connectivity index (χ1n) is 17.1. The van der Waals surface area contributed by atoms with Gasteiger partial charge in [-0.15, -0.1) is 0 Å². The second-order valence-electron chi connectivity index (χ2n) is 14.7. The summed E-state index contributed by atoms with van der Waals surface area (Å²) in [6.45, 7) is 4.38. The molecule has 4 fully saturated rings. The van der Waals surface area contributed by atoms with Crippen molar-refractivity contribution in [3.05, 3.63) is 167 Å². The Morgan fingerprint density at radius 3 is 1.87 bits per heavy atom. The van der Waals surface area contributed by atoms with E-state index in [1.165, 1.54) is 23.1 Å². The first-order valence-corrected chi connectivity index (χ1v) is 17.1. The summed E-state index contributed by atoms with van der Waals surface area (Å²) >= 11 is 0. The van der Waals surface area contributed by atoms with Crippen molar-refractivity contribution in [3.63, 3.8) is 0 Å². The van der Waals surface area contributed by atoms with Crippen LogP contribution in [0.2, 0.25) is 0 Å². The number of imidazole rings is 1. The maximum Gasteiger partial charge on any atom is 0.309 e. The normalized spacial score (nSPS) is 25.2. The maximum absolute atomic E-state index is 12.8. The smallest absolute Gasteiger partial charge is 0.309 e. The minimum absolute atomic E-state index is 0.146. The molecule has 1 N–H and O–H groups in total. The number of hydrogen-bond donors (Lipinski definition) is 1. The Labute approximate surface area is 277 Å².